The predicted molar refractivity (Wildman–Crippen MR) is 249 cm³/mol. The topological polar surface area (TPSA) is 0 Å². The van der Waals surface area contributed by atoms with Gasteiger partial charge >= 0.3 is 0 Å². The van der Waals surface area contributed by atoms with Gasteiger partial charge < -0.3 is 0 Å². The zero-order chi connectivity index (χ0) is 38.1. The summed E-state index contributed by atoms with van der Waals surface area (Å²) in [4.78, 5) is 0. The maximum atomic E-state index is 3.99. The second-order valence-corrected chi connectivity index (χ2v) is 17.4. The van der Waals surface area contributed by atoms with E-state index in [0.29, 0.717) is 0 Å². The summed E-state index contributed by atoms with van der Waals surface area (Å²) in [5.74, 6) is 14.0. The van der Waals surface area contributed by atoms with Gasteiger partial charge in [-0.1, -0.05) is 226 Å². The zero-order valence-electron chi connectivity index (χ0n) is 31.6. The van der Waals surface area contributed by atoms with Crippen LogP contribution in [0.5, 0.6) is 0 Å². The Morgan fingerprint density at radius 3 is 1.20 bits per heavy atom. The molecule has 0 aliphatic rings. The number of hydrogen-bond acceptors (Lipinski definition) is 0. The summed E-state index contributed by atoms with van der Waals surface area (Å²) >= 11 is 15.9. The summed E-state index contributed by atoms with van der Waals surface area (Å²) in [5, 5.41) is 0. The van der Waals surface area contributed by atoms with Crippen LogP contribution in [0, 0.1) is 23.7 Å². The van der Waals surface area contributed by atoms with Crippen LogP contribution < -0.4 is 0 Å². The van der Waals surface area contributed by atoms with Gasteiger partial charge in [0.05, 0.1) is 0 Å². The van der Waals surface area contributed by atoms with Crippen molar-refractivity contribution in [3.05, 3.63) is 126 Å². The van der Waals surface area contributed by atoms with E-state index in [-0.39, 0.29) is 0 Å². The van der Waals surface area contributed by atoms with Crippen molar-refractivity contribution in [2.45, 2.75) is 104 Å². The minimum Gasteiger partial charge on any atom is -0.0978 e. The van der Waals surface area contributed by atoms with Crippen LogP contribution in [0.3, 0.4) is 0 Å². The monoisotopic (exact) mass is 966 g/mol. The largest absolute Gasteiger partial charge is 0.0978 e. The normalized spacial score (nSPS) is 10.8. The summed E-state index contributed by atoms with van der Waals surface area (Å²) in [6.45, 7) is 4.53. The lowest BCUT2D eigenvalue weighted by molar-refractivity contribution is 0.614. The Morgan fingerprint density at radius 1 is 0.370 bits per heavy atom. The molecule has 5 aromatic carbocycles. The van der Waals surface area contributed by atoms with E-state index in [0.717, 1.165) is 77.0 Å². The lowest BCUT2D eigenvalue weighted by Gasteiger charge is -2.18. The van der Waals surface area contributed by atoms with Crippen molar-refractivity contribution >= 4 is 63.7 Å². The molecule has 0 aromatic heterocycles. The Labute approximate surface area is 358 Å². The quantitative estimate of drug-likeness (QED) is 0.0683. The van der Waals surface area contributed by atoms with E-state index in [4.69, 9.17) is 0 Å². The Bertz CT molecular complexity index is 2090. The molecule has 0 unspecified atom stereocenters. The molecule has 0 bridgehead atoms. The Kier molecular flexibility index (Phi) is 17.7. The van der Waals surface area contributed by atoms with Gasteiger partial charge in [-0.3, -0.25) is 0 Å². The molecule has 0 atom stereocenters. The summed E-state index contributed by atoms with van der Waals surface area (Å²) in [7, 11) is 0. The van der Waals surface area contributed by atoms with Gasteiger partial charge in [0.2, 0.25) is 0 Å². The van der Waals surface area contributed by atoms with Gasteiger partial charge in [-0.2, -0.15) is 0 Å². The van der Waals surface area contributed by atoms with E-state index >= 15 is 0 Å². The smallest absolute Gasteiger partial charge is 0.0413 e. The fourth-order valence-corrected chi connectivity index (χ4v) is 8.97. The number of hydrogen-bond donors (Lipinski definition) is 0. The van der Waals surface area contributed by atoms with E-state index < -0.39 is 0 Å². The minimum absolute atomic E-state index is 0.912. The van der Waals surface area contributed by atoms with Gasteiger partial charge in [-0.25, -0.2) is 0 Å². The molecule has 54 heavy (non-hydrogen) atoms. The first-order chi connectivity index (χ1) is 26.4. The van der Waals surface area contributed by atoms with E-state index in [9.17, 15) is 0 Å². The van der Waals surface area contributed by atoms with Crippen LogP contribution in [-0.4, -0.2) is 0 Å². The van der Waals surface area contributed by atoms with Gasteiger partial charge in [0.1, 0.15) is 0 Å². The molecule has 0 amide bonds. The SMILES string of the molecule is CCCCCCCCC#Cc1cc(Br)c(-c2cc(Br)c(-c3cc(-c4ccccc4)c(-c4ccccc4)cc3Br)cc2Br)cc1C#CCCCCCCCC. The van der Waals surface area contributed by atoms with Crippen LogP contribution in [0.4, 0.5) is 0 Å². The molecule has 0 aliphatic carbocycles. The lowest BCUT2D eigenvalue weighted by atomic mass is 9.90. The van der Waals surface area contributed by atoms with Crippen LogP contribution in [0.1, 0.15) is 115 Å². The lowest BCUT2D eigenvalue weighted by Crippen LogP contribution is -1.93. The maximum Gasteiger partial charge on any atom is 0.0413 e. The Morgan fingerprint density at radius 2 is 0.722 bits per heavy atom. The van der Waals surface area contributed by atoms with Gasteiger partial charge in [-0.05, 0) is 93.7 Å². The average Bonchev–Trinajstić information content (AvgIpc) is 3.19. The first kappa shape index (κ1) is 42.3. The number of unbranched alkanes of at least 4 members (excludes halogenated alkanes) is 12. The molecule has 0 aliphatic heterocycles. The van der Waals surface area contributed by atoms with Crippen molar-refractivity contribution in [2.75, 3.05) is 0 Å². The number of halogens is 4. The van der Waals surface area contributed by atoms with Crippen molar-refractivity contribution < 1.29 is 0 Å². The first-order valence-electron chi connectivity index (χ1n) is 19.7. The zero-order valence-corrected chi connectivity index (χ0v) is 38.0. The molecule has 0 nitrogen and oxygen atoms in total. The molecule has 0 saturated carbocycles. The molecule has 0 fully saturated rings. The third-order valence-electron chi connectivity index (χ3n) is 9.78. The van der Waals surface area contributed by atoms with Crippen LogP contribution in [0.15, 0.2) is 115 Å². The summed E-state index contributed by atoms with van der Waals surface area (Å²) < 4.78 is 4.07. The van der Waals surface area contributed by atoms with Crippen molar-refractivity contribution in [2.24, 2.45) is 0 Å². The van der Waals surface area contributed by atoms with E-state index in [1.165, 1.54) is 86.5 Å². The highest BCUT2D eigenvalue weighted by Gasteiger charge is 2.19. The predicted octanol–water partition coefficient (Wildman–Crippen LogP) is 17.6. The van der Waals surface area contributed by atoms with Crippen LogP contribution in [0.25, 0.3) is 44.5 Å². The van der Waals surface area contributed by atoms with Crippen molar-refractivity contribution in [1.82, 2.24) is 0 Å². The fraction of sp³-hybridized carbons (Fsp3) is 0.320. The summed E-state index contributed by atoms with van der Waals surface area (Å²) in [6, 6.07) is 34.6. The van der Waals surface area contributed by atoms with Crippen LogP contribution in [0.2, 0.25) is 0 Å². The van der Waals surface area contributed by atoms with Gasteiger partial charge in [-0.15, -0.1) is 0 Å². The number of rotatable bonds is 16. The molecule has 4 heteroatoms. The van der Waals surface area contributed by atoms with Gasteiger partial charge in [0.25, 0.3) is 0 Å². The van der Waals surface area contributed by atoms with Crippen LogP contribution in [-0.2, 0) is 0 Å². The molecule has 0 radical (unpaired) electrons. The second-order valence-electron chi connectivity index (χ2n) is 13.9. The summed E-state index contributed by atoms with van der Waals surface area (Å²) in [6.07, 6.45) is 17.1. The highest BCUT2D eigenvalue weighted by atomic mass is 79.9. The van der Waals surface area contributed by atoms with Gasteiger partial charge in [0.15, 0.2) is 0 Å². The molecular weight excluding hydrogens is 920 g/mol. The van der Waals surface area contributed by atoms with E-state index in [1.807, 2.05) is 0 Å². The second kappa shape index (κ2) is 22.6. The molecule has 0 spiro atoms. The first-order valence-corrected chi connectivity index (χ1v) is 22.8. The van der Waals surface area contributed by atoms with E-state index in [1.54, 1.807) is 0 Å². The van der Waals surface area contributed by atoms with Gasteiger partial charge in [0, 0.05) is 41.9 Å². The molecule has 278 valence electrons. The third-order valence-corrected chi connectivity index (χ3v) is 12.4. The van der Waals surface area contributed by atoms with Crippen molar-refractivity contribution in [3.63, 3.8) is 0 Å². The van der Waals surface area contributed by atoms with E-state index in [2.05, 4.69) is 198 Å². The highest BCUT2D eigenvalue weighted by molar-refractivity contribution is 9.11. The molecule has 5 rings (SSSR count). The Balaban J connectivity index is 1.48. The third kappa shape index (κ3) is 12.1. The van der Waals surface area contributed by atoms with Crippen molar-refractivity contribution in [1.29, 1.82) is 0 Å². The van der Waals surface area contributed by atoms with Crippen molar-refractivity contribution in [3.8, 4) is 68.2 Å². The molecule has 0 N–H and O–H groups in total. The Hall–Kier alpha value is -2.86. The molecule has 0 saturated heterocycles. The number of benzene rings is 5. The standard InChI is InChI=1S/C50H50Br4/c1-3-5-7-9-11-13-15-19-29-39-31-43(47(51)32-40(39)30-20-16-14-12-10-8-6-4-2)45-35-50(54)46(36-49(45)53)44-33-41(37-25-21-17-22-26-37)42(34-48(44)52)38-27-23-18-24-28-38/h17-18,21-28,31-36H,3-16H2,1-2H3. The fourth-order valence-electron chi connectivity index (χ4n) is 6.74. The highest BCUT2D eigenvalue weighted by Crippen LogP contribution is 2.45. The maximum absolute atomic E-state index is 3.99. The minimum atomic E-state index is 0.912. The molecule has 5 aromatic rings. The van der Waals surface area contributed by atoms with Crippen LogP contribution >= 0.6 is 63.7 Å². The summed E-state index contributed by atoms with van der Waals surface area (Å²) in [5.41, 5.74) is 11.1. The molecule has 0 heterocycles. The molecular formula is C50H50Br4. The average molecular weight is 971 g/mol.